The average molecular weight is 177 g/mol. The van der Waals surface area contributed by atoms with Gasteiger partial charge < -0.3 is 0 Å². The van der Waals surface area contributed by atoms with Crippen LogP contribution < -0.4 is 4.72 Å². The molecule has 0 atom stereocenters. The molecule has 4 nitrogen and oxygen atoms in total. The van der Waals surface area contributed by atoms with Gasteiger partial charge in [0.25, 0.3) is 0 Å². The Morgan fingerprint density at radius 1 is 1.50 bits per heavy atom. The van der Waals surface area contributed by atoms with Crippen LogP contribution in [0.3, 0.4) is 0 Å². The SMILES string of the molecule is CCCOS(=O)(=O)NC.[NaH]. The zero-order valence-corrected chi connectivity index (χ0v) is 6.36. The first-order valence-corrected chi connectivity index (χ1v) is 4.11. The van der Waals surface area contributed by atoms with Crippen molar-refractivity contribution in [2.75, 3.05) is 13.7 Å². The second-order valence-electron chi connectivity index (χ2n) is 1.48. The summed E-state index contributed by atoms with van der Waals surface area (Å²) >= 11 is 0. The Balaban J connectivity index is 0. The fraction of sp³-hybridized carbons (Fsp3) is 1.00. The van der Waals surface area contributed by atoms with Crippen LogP contribution in [-0.4, -0.2) is 51.6 Å². The molecule has 6 heteroatoms. The molecule has 0 amide bonds. The molecule has 0 aliphatic rings. The van der Waals surface area contributed by atoms with Gasteiger partial charge in [0.05, 0.1) is 6.61 Å². The number of nitrogens with one attached hydrogen (secondary N) is 1. The van der Waals surface area contributed by atoms with Crippen LogP contribution in [0.5, 0.6) is 0 Å². The molecule has 0 bridgehead atoms. The molecular weight excluding hydrogens is 165 g/mol. The van der Waals surface area contributed by atoms with Crippen LogP contribution in [0.1, 0.15) is 13.3 Å². The van der Waals surface area contributed by atoms with E-state index in [0.717, 1.165) is 0 Å². The van der Waals surface area contributed by atoms with Gasteiger partial charge in [0.15, 0.2) is 0 Å². The van der Waals surface area contributed by atoms with E-state index in [1.165, 1.54) is 7.05 Å². The van der Waals surface area contributed by atoms with Crippen LogP contribution in [0, 0.1) is 0 Å². The normalized spacial score (nSPS) is 10.6. The molecule has 0 aromatic carbocycles. The van der Waals surface area contributed by atoms with E-state index in [-0.39, 0.29) is 36.2 Å². The van der Waals surface area contributed by atoms with E-state index in [1.54, 1.807) is 0 Å². The third-order valence-corrected chi connectivity index (χ3v) is 1.67. The van der Waals surface area contributed by atoms with E-state index in [0.29, 0.717) is 6.42 Å². The fourth-order valence-corrected chi connectivity index (χ4v) is 0.756. The summed E-state index contributed by atoms with van der Waals surface area (Å²) in [5.74, 6) is 0. The quantitative estimate of drug-likeness (QED) is 0.574. The first-order valence-electron chi connectivity index (χ1n) is 2.70. The van der Waals surface area contributed by atoms with E-state index < -0.39 is 10.3 Å². The van der Waals surface area contributed by atoms with Crippen molar-refractivity contribution in [1.29, 1.82) is 0 Å². The number of hydrogen-bond donors (Lipinski definition) is 1. The summed E-state index contributed by atoms with van der Waals surface area (Å²) in [6.45, 7) is 2.08. The Morgan fingerprint density at radius 2 is 2.00 bits per heavy atom. The zero-order chi connectivity index (χ0) is 7.33. The molecule has 0 aliphatic carbocycles. The molecule has 0 radical (unpaired) electrons. The van der Waals surface area contributed by atoms with Gasteiger partial charge in [-0.05, 0) is 6.42 Å². The van der Waals surface area contributed by atoms with Crippen molar-refractivity contribution in [2.45, 2.75) is 13.3 Å². The minimum absolute atomic E-state index is 0. The number of hydrogen-bond acceptors (Lipinski definition) is 3. The van der Waals surface area contributed by atoms with Crippen molar-refractivity contribution in [3.63, 3.8) is 0 Å². The predicted octanol–water partition coefficient (Wildman–Crippen LogP) is -0.771. The summed E-state index contributed by atoms with van der Waals surface area (Å²) in [6.07, 6.45) is 0.695. The van der Waals surface area contributed by atoms with Crippen molar-refractivity contribution >= 4 is 39.9 Å². The van der Waals surface area contributed by atoms with Crippen LogP contribution in [0.2, 0.25) is 0 Å². The molecule has 0 aromatic rings. The molecule has 0 saturated carbocycles. The first-order chi connectivity index (χ1) is 4.12. The molecule has 0 heterocycles. The Hall–Kier alpha value is 0.870. The topological polar surface area (TPSA) is 55.4 Å². The summed E-state index contributed by atoms with van der Waals surface area (Å²) < 4.78 is 27.3. The monoisotopic (exact) mass is 177 g/mol. The van der Waals surface area contributed by atoms with Gasteiger partial charge in [0.1, 0.15) is 0 Å². The van der Waals surface area contributed by atoms with E-state index in [4.69, 9.17) is 0 Å². The van der Waals surface area contributed by atoms with Gasteiger partial charge in [0.2, 0.25) is 0 Å². The molecule has 0 saturated heterocycles. The summed E-state index contributed by atoms with van der Waals surface area (Å²) in [6, 6.07) is 0. The van der Waals surface area contributed by atoms with Gasteiger partial charge in [-0.2, -0.15) is 13.1 Å². The second-order valence-corrected chi connectivity index (χ2v) is 3.03. The van der Waals surface area contributed by atoms with Gasteiger partial charge in [-0.25, -0.2) is 0 Å². The summed E-state index contributed by atoms with van der Waals surface area (Å²) in [5.41, 5.74) is 0. The minimum atomic E-state index is -3.43. The first kappa shape index (κ1) is 13.5. The van der Waals surface area contributed by atoms with Crippen molar-refractivity contribution in [3.05, 3.63) is 0 Å². The van der Waals surface area contributed by atoms with Crippen LogP contribution in [0.25, 0.3) is 0 Å². The van der Waals surface area contributed by atoms with Crippen molar-refractivity contribution in [2.24, 2.45) is 0 Å². The van der Waals surface area contributed by atoms with Gasteiger partial charge in [-0.1, -0.05) is 6.92 Å². The molecule has 0 aliphatic heterocycles. The molecule has 0 fully saturated rings. The maximum atomic E-state index is 10.4. The Morgan fingerprint density at radius 3 is 2.30 bits per heavy atom. The average Bonchev–Trinajstić information content (AvgIpc) is 1.84. The van der Waals surface area contributed by atoms with E-state index in [2.05, 4.69) is 4.18 Å². The second kappa shape index (κ2) is 6.57. The fourth-order valence-electron chi connectivity index (χ4n) is 0.252. The zero-order valence-electron chi connectivity index (χ0n) is 5.55. The maximum absolute atomic E-state index is 10.4. The molecule has 0 spiro atoms. The summed E-state index contributed by atoms with van der Waals surface area (Å²) in [7, 11) is -2.12. The Kier molecular flexibility index (Phi) is 8.85. The van der Waals surface area contributed by atoms with Crippen LogP contribution in [-0.2, 0) is 14.5 Å². The standard InChI is InChI=1S/C4H11NO3S.Na.H/c1-3-4-8-9(6,7)5-2;;/h5H,3-4H2,1-2H3;;. The Labute approximate surface area is 83.9 Å². The van der Waals surface area contributed by atoms with Gasteiger partial charge in [0, 0.05) is 7.05 Å². The van der Waals surface area contributed by atoms with Crippen LogP contribution in [0.4, 0.5) is 0 Å². The van der Waals surface area contributed by atoms with E-state index in [1.807, 2.05) is 11.6 Å². The van der Waals surface area contributed by atoms with Crippen LogP contribution >= 0.6 is 0 Å². The molecule has 1 N–H and O–H groups in total. The van der Waals surface area contributed by atoms with Crippen molar-refractivity contribution < 1.29 is 12.6 Å². The van der Waals surface area contributed by atoms with E-state index in [9.17, 15) is 8.42 Å². The predicted molar refractivity (Wildman–Crippen MR) is 41.4 cm³/mol. The summed E-state index contributed by atoms with van der Waals surface area (Å²) in [4.78, 5) is 0. The molecule has 10 heavy (non-hydrogen) atoms. The van der Waals surface area contributed by atoms with Crippen molar-refractivity contribution in [3.8, 4) is 0 Å². The number of rotatable bonds is 4. The molecule has 58 valence electrons. The van der Waals surface area contributed by atoms with Crippen LogP contribution in [0.15, 0.2) is 0 Å². The molecule has 0 unspecified atom stereocenters. The molecule has 0 rings (SSSR count). The molecular formula is C4H12NNaO3S. The third-order valence-electron chi connectivity index (χ3n) is 0.693. The van der Waals surface area contributed by atoms with Gasteiger partial charge in [-0.15, -0.1) is 0 Å². The summed E-state index contributed by atoms with van der Waals surface area (Å²) in [5, 5.41) is 0. The van der Waals surface area contributed by atoms with E-state index >= 15 is 0 Å². The van der Waals surface area contributed by atoms with Gasteiger partial charge in [-0.3, -0.25) is 4.18 Å². The molecule has 0 aromatic heterocycles. The van der Waals surface area contributed by atoms with Crippen molar-refractivity contribution in [1.82, 2.24) is 4.72 Å². The third kappa shape index (κ3) is 6.98. The van der Waals surface area contributed by atoms with Gasteiger partial charge >= 0.3 is 39.9 Å². The Bertz CT molecular complexity index is 156.